The smallest absolute Gasteiger partial charge is 0.326 e. The minimum atomic E-state index is -1.28. The van der Waals surface area contributed by atoms with E-state index in [1.54, 1.807) is 53.7 Å². The Morgan fingerprint density at radius 2 is 1.21 bits per heavy atom. The van der Waals surface area contributed by atoms with Gasteiger partial charge in [-0.2, -0.15) is 0 Å². The summed E-state index contributed by atoms with van der Waals surface area (Å²) in [6, 6.07) is -1.20. The summed E-state index contributed by atoms with van der Waals surface area (Å²) in [6.07, 6.45) is 1.09. The number of nitrogens with two attached hydrogens (primary N) is 3. The van der Waals surface area contributed by atoms with Crippen LogP contribution in [0.3, 0.4) is 0 Å². The highest BCUT2D eigenvalue weighted by atomic mass is 16.4. The van der Waals surface area contributed by atoms with E-state index in [1.165, 1.54) is 12.1 Å². The Morgan fingerprint density at radius 3 is 1.72 bits per heavy atom. The highest BCUT2D eigenvalue weighted by Gasteiger charge is 2.35. The van der Waals surface area contributed by atoms with Crippen LogP contribution in [-0.2, 0) is 40.0 Å². The second-order valence-electron chi connectivity index (χ2n) is 14.1. The van der Waals surface area contributed by atoms with Gasteiger partial charge in [0.2, 0.25) is 35.4 Å². The van der Waals surface area contributed by atoms with Crippen LogP contribution in [0.2, 0.25) is 0 Å². The summed E-state index contributed by atoms with van der Waals surface area (Å²) >= 11 is 0. The number of amides is 6. The van der Waals surface area contributed by atoms with Crippen molar-refractivity contribution in [3.8, 4) is 5.75 Å². The summed E-state index contributed by atoms with van der Waals surface area (Å²) in [4.78, 5) is 90.9. The number of hydrogen-bond acceptors (Lipinski definition) is 10. The molecule has 6 amide bonds. The van der Waals surface area contributed by atoms with E-state index in [0.29, 0.717) is 31.4 Å². The van der Waals surface area contributed by atoms with E-state index in [0.717, 1.165) is 0 Å². The number of unbranched alkanes of at least 4 members (excludes halogenated alkanes) is 1. The van der Waals surface area contributed by atoms with E-state index in [4.69, 9.17) is 17.2 Å². The molecule has 0 saturated carbocycles. The van der Waals surface area contributed by atoms with E-state index in [1.807, 2.05) is 0 Å². The minimum Gasteiger partial charge on any atom is -0.508 e. The molecule has 13 N–H and O–H groups in total. The van der Waals surface area contributed by atoms with Crippen LogP contribution in [0.5, 0.6) is 5.75 Å². The summed E-state index contributed by atoms with van der Waals surface area (Å²) in [5.74, 6) is -6.82. The average molecular weight is 749 g/mol. The molecule has 17 heteroatoms. The molecule has 0 bridgehead atoms. The Morgan fingerprint density at radius 1 is 0.679 bits per heavy atom. The molecule has 1 aromatic carbocycles. The lowest BCUT2D eigenvalue weighted by Crippen LogP contribution is -2.61. The molecule has 7 atom stereocenters. The molecular weight excluding hydrogens is 688 g/mol. The van der Waals surface area contributed by atoms with E-state index in [9.17, 15) is 43.8 Å². The van der Waals surface area contributed by atoms with Crippen LogP contribution >= 0.6 is 0 Å². The normalized spacial score (nSPS) is 15.2. The number of phenolic OH excluding ortho intramolecular Hbond substituents is 1. The van der Waals surface area contributed by atoms with Crippen molar-refractivity contribution in [2.45, 2.75) is 123 Å². The molecule has 0 aliphatic heterocycles. The van der Waals surface area contributed by atoms with Crippen molar-refractivity contribution in [3.63, 3.8) is 0 Å². The molecule has 298 valence electrons. The maximum Gasteiger partial charge on any atom is 0.326 e. The Bertz CT molecular complexity index is 1390. The first-order chi connectivity index (χ1) is 24.8. The predicted molar refractivity (Wildman–Crippen MR) is 198 cm³/mol. The van der Waals surface area contributed by atoms with Crippen molar-refractivity contribution < 1.29 is 43.8 Å². The molecule has 7 unspecified atom stereocenters. The van der Waals surface area contributed by atoms with Crippen molar-refractivity contribution in [1.29, 1.82) is 0 Å². The first-order valence-corrected chi connectivity index (χ1v) is 18.1. The first-order valence-electron chi connectivity index (χ1n) is 18.1. The number of carboxylic acid groups (broad SMARTS) is 1. The van der Waals surface area contributed by atoms with Crippen LogP contribution in [0.15, 0.2) is 24.3 Å². The number of carbonyl (C=O) groups excluding carboxylic acids is 6. The van der Waals surface area contributed by atoms with E-state index in [2.05, 4.69) is 26.6 Å². The Labute approximate surface area is 311 Å². The fraction of sp³-hybridized carbons (Fsp3) is 0.639. The standard InChI is InChI=1S/C36H60N8O9/c1-7-21(6)30(44-31(47)24(15-16-27(38)46)40-33(49)28(39)19(2)3)35(51)43-29(20(4)5)34(50)42-26(18-22-11-13-23(45)14-12-22)32(48)41-25(36(52)53)10-8-9-17-37/h11-14,19-21,24-26,28-30,45H,7-10,15-18,37,39H2,1-6H3,(H2,38,46)(H,40,49)(H,41,48)(H,42,50)(H,43,51)(H,44,47)(H,52,53). The van der Waals surface area contributed by atoms with Crippen LogP contribution in [-0.4, -0.2) is 94.4 Å². The van der Waals surface area contributed by atoms with Gasteiger partial charge in [-0.05, 0) is 67.7 Å². The van der Waals surface area contributed by atoms with Gasteiger partial charge in [0.25, 0.3) is 0 Å². The quantitative estimate of drug-likeness (QED) is 0.0603. The maximum atomic E-state index is 13.8. The number of hydrogen-bond donors (Lipinski definition) is 10. The predicted octanol–water partition coefficient (Wildman–Crippen LogP) is -0.477. The lowest BCUT2D eigenvalue weighted by Gasteiger charge is -2.30. The monoisotopic (exact) mass is 748 g/mol. The number of carboxylic acids is 1. The SMILES string of the molecule is CCC(C)C(NC(=O)C(CCC(N)=O)NC(=O)C(N)C(C)C)C(=O)NC(C(=O)NC(Cc1ccc(O)cc1)C(=O)NC(CCCCN)C(=O)O)C(C)C. The summed E-state index contributed by atoms with van der Waals surface area (Å²) < 4.78 is 0. The van der Waals surface area contributed by atoms with Crippen LogP contribution in [0.25, 0.3) is 0 Å². The van der Waals surface area contributed by atoms with E-state index in [-0.39, 0.29) is 37.4 Å². The molecule has 0 heterocycles. The molecule has 0 saturated heterocycles. The third-order valence-corrected chi connectivity index (χ3v) is 8.94. The van der Waals surface area contributed by atoms with Crippen LogP contribution < -0.4 is 43.8 Å². The Hall–Kier alpha value is -4.77. The number of rotatable bonds is 24. The van der Waals surface area contributed by atoms with Gasteiger partial charge in [0.1, 0.15) is 36.0 Å². The summed E-state index contributed by atoms with van der Waals surface area (Å²) in [5.41, 5.74) is 17.3. The molecule has 0 spiro atoms. The van der Waals surface area contributed by atoms with Gasteiger partial charge in [-0.15, -0.1) is 0 Å². The van der Waals surface area contributed by atoms with E-state index >= 15 is 0 Å². The van der Waals surface area contributed by atoms with Crippen LogP contribution in [0.4, 0.5) is 0 Å². The van der Waals surface area contributed by atoms with Gasteiger partial charge in [-0.3, -0.25) is 28.8 Å². The van der Waals surface area contributed by atoms with Gasteiger partial charge in [-0.25, -0.2) is 4.79 Å². The molecule has 0 aliphatic rings. The van der Waals surface area contributed by atoms with Crippen molar-refractivity contribution >= 4 is 41.4 Å². The van der Waals surface area contributed by atoms with Gasteiger partial charge in [0.15, 0.2) is 0 Å². The van der Waals surface area contributed by atoms with Gasteiger partial charge in [-0.1, -0.05) is 60.1 Å². The molecular formula is C36H60N8O9. The molecule has 0 aliphatic carbocycles. The number of carbonyl (C=O) groups is 7. The lowest BCUT2D eigenvalue weighted by atomic mass is 9.95. The zero-order valence-electron chi connectivity index (χ0n) is 31.6. The summed E-state index contributed by atoms with van der Waals surface area (Å²) in [5, 5.41) is 32.5. The number of aliphatic carboxylic acids is 1. The second-order valence-corrected chi connectivity index (χ2v) is 14.1. The third kappa shape index (κ3) is 16.2. The van der Waals surface area contributed by atoms with Crippen LogP contribution in [0, 0.1) is 17.8 Å². The molecule has 0 aromatic heterocycles. The Balaban J connectivity index is 3.33. The number of primary amides is 1. The lowest BCUT2D eigenvalue weighted by molar-refractivity contribution is -0.142. The highest BCUT2D eigenvalue weighted by Crippen LogP contribution is 2.15. The van der Waals surface area contributed by atoms with Gasteiger partial charge < -0.3 is 54.0 Å². The molecule has 17 nitrogen and oxygen atoms in total. The first kappa shape index (κ1) is 46.3. The number of nitrogens with one attached hydrogen (secondary N) is 5. The van der Waals surface area contributed by atoms with Gasteiger partial charge in [0.05, 0.1) is 6.04 Å². The second kappa shape index (κ2) is 23.0. The van der Waals surface area contributed by atoms with Crippen molar-refractivity contribution in [3.05, 3.63) is 29.8 Å². The fourth-order valence-electron chi connectivity index (χ4n) is 5.22. The van der Waals surface area contributed by atoms with Crippen molar-refractivity contribution in [1.82, 2.24) is 26.6 Å². The Kier molecular flexibility index (Phi) is 20.1. The minimum absolute atomic E-state index is 0.0177. The van der Waals surface area contributed by atoms with Crippen molar-refractivity contribution in [2.24, 2.45) is 35.0 Å². The largest absolute Gasteiger partial charge is 0.508 e. The average Bonchev–Trinajstić information content (AvgIpc) is 3.09. The zero-order chi connectivity index (χ0) is 40.4. The maximum absolute atomic E-state index is 13.8. The molecule has 53 heavy (non-hydrogen) atoms. The summed E-state index contributed by atoms with van der Waals surface area (Å²) in [6.45, 7) is 10.7. The van der Waals surface area contributed by atoms with Crippen molar-refractivity contribution in [2.75, 3.05) is 6.54 Å². The van der Waals surface area contributed by atoms with Crippen LogP contribution in [0.1, 0.15) is 85.6 Å². The van der Waals surface area contributed by atoms with E-state index < -0.39 is 89.5 Å². The third-order valence-electron chi connectivity index (χ3n) is 8.94. The number of benzene rings is 1. The van der Waals surface area contributed by atoms with Gasteiger partial charge >= 0.3 is 5.97 Å². The zero-order valence-corrected chi connectivity index (χ0v) is 31.6. The highest BCUT2D eigenvalue weighted by molar-refractivity contribution is 5.96. The number of aromatic hydroxyl groups is 1. The topological polar surface area (TPSA) is 298 Å². The van der Waals surface area contributed by atoms with Gasteiger partial charge in [0, 0.05) is 12.8 Å². The molecule has 0 radical (unpaired) electrons. The molecule has 1 aromatic rings. The number of phenols is 1. The fourth-order valence-corrected chi connectivity index (χ4v) is 5.22. The summed E-state index contributed by atoms with van der Waals surface area (Å²) in [7, 11) is 0. The molecule has 1 rings (SSSR count). The molecule has 0 fully saturated rings.